The van der Waals surface area contributed by atoms with Crippen LogP contribution < -0.4 is 10.6 Å². The van der Waals surface area contributed by atoms with E-state index in [-0.39, 0.29) is 17.7 Å². The van der Waals surface area contributed by atoms with Crippen LogP contribution in [0.1, 0.15) is 29.1 Å². The molecule has 120 valence electrons. The van der Waals surface area contributed by atoms with Crippen molar-refractivity contribution in [3.8, 4) is 0 Å². The number of rotatable bonds is 5. The summed E-state index contributed by atoms with van der Waals surface area (Å²) in [5, 5.41) is 8.64. The maximum atomic E-state index is 12.1. The van der Waals surface area contributed by atoms with E-state index in [9.17, 15) is 9.59 Å². The summed E-state index contributed by atoms with van der Waals surface area (Å²) in [5.74, 6) is -0.172. The number of aryl methyl sites for hydroxylation is 1. The molecule has 2 aromatic rings. The van der Waals surface area contributed by atoms with Gasteiger partial charge in [0.1, 0.15) is 5.01 Å². The van der Waals surface area contributed by atoms with Crippen molar-refractivity contribution in [1.82, 2.24) is 10.3 Å². The largest absolute Gasteiger partial charge is 0.350 e. The number of para-hydroxylation sites is 1. The van der Waals surface area contributed by atoms with Crippen LogP contribution in [0, 0.1) is 12.8 Å². The zero-order valence-corrected chi connectivity index (χ0v) is 13.8. The van der Waals surface area contributed by atoms with E-state index in [0.717, 1.165) is 22.0 Å². The Bertz CT molecular complexity index is 726. The van der Waals surface area contributed by atoms with Crippen LogP contribution in [-0.4, -0.2) is 16.8 Å². The van der Waals surface area contributed by atoms with E-state index < -0.39 is 0 Å². The minimum absolute atomic E-state index is 0.00653. The second-order valence-corrected chi connectivity index (χ2v) is 6.69. The fourth-order valence-corrected chi connectivity index (χ4v) is 3.41. The first kappa shape index (κ1) is 15.7. The Morgan fingerprint density at radius 1 is 1.43 bits per heavy atom. The molecule has 5 nitrogen and oxygen atoms in total. The molecule has 0 bridgehead atoms. The first-order valence-corrected chi connectivity index (χ1v) is 8.56. The van der Waals surface area contributed by atoms with Gasteiger partial charge >= 0.3 is 0 Å². The molecular weight excluding hydrogens is 310 g/mol. The number of benzene rings is 1. The van der Waals surface area contributed by atoms with Gasteiger partial charge in [0.15, 0.2) is 0 Å². The summed E-state index contributed by atoms with van der Waals surface area (Å²) < 4.78 is 0. The molecule has 3 rings (SSSR count). The van der Waals surface area contributed by atoms with Gasteiger partial charge < -0.3 is 10.6 Å². The summed E-state index contributed by atoms with van der Waals surface area (Å²) in [7, 11) is 0. The summed E-state index contributed by atoms with van der Waals surface area (Å²) in [6.45, 7) is 2.39. The molecule has 0 saturated carbocycles. The number of thiazole rings is 1. The Hall–Kier alpha value is -2.21. The van der Waals surface area contributed by atoms with Crippen LogP contribution in [0.4, 0.5) is 5.69 Å². The topological polar surface area (TPSA) is 71.1 Å². The SMILES string of the molecule is Cc1csc(CNC(=O)CC[C@@H]2Cc3ccccc3NC2=O)n1. The van der Waals surface area contributed by atoms with Crippen LogP contribution in [0.3, 0.4) is 0 Å². The van der Waals surface area contributed by atoms with Crippen LogP contribution in [-0.2, 0) is 22.6 Å². The van der Waals surface area contributed by atoms with Crippen LogP contribution in [0.2, 0.25) is 0 Å². The van der Waals surface area contributed by atoms with Crippen molar-refractivity contribution in [3.05, 3.63) is 45.9 Å². The second-order valence-electron chi connectivity index (χ2n) is 5.75. The number of anilines is 1. The zero-order chi connectivity index (χ0) is 16.2. The third-order valence-electron chi connectivity index (χ3n) is 3.94. The van der Waals surface area contributed by atoms with Crippen molar-refractivity contribution < 1.29 is 9.59 Å². The van der Waals surface area contributed by atoms with Gasteiger partial charge in [-0.25, -0.2) is 4.98 Å². The number of aromatic nitrogens is 1. The summed E-state index contributed by atoms with van der Waals surface area (Å²) in [6, 6.07) is 7.81. The Balaban J connectivity index is 1.48. The lowest BCUT2D eigenvalue weighted by atomic mass is 9.89. The molecule has 0 fully saturated rings. The summed E-state index contributed by atoms with van der Waals surface area (Å²) in [6.07, 6.45) is 1.61. The zero-order valence-electron chi connectivity index (χ0n) is 13.0. The first-order valence-electron chi connectivity index (χ1n) is 7.68. The Morgan fingerprint density at radius 3 is 3.04 bits per heavy atom. The molecule has 2 N–H and O–H groups in total. The molecule has 0 spiro atoms. The lowest BCUT2D eigenvalue weighted by Crippen LogP contribution is -2.31. The highest BCUT2D eigenvalue weighted by atomic mass is 32.1. The van der Waals surface area contributed by atoms with Crippen LogP contribution in [0.25, 0.3) is 0 Å². The maximum absolute atomic E-state index is 12.1. The normalized spacial score (nSPS) is 16.6. The molecule has 1 atom stereocenters. The van der Waals surface area contributed by atoms with Gasteiger partial charge in [0.25, 0.3) is 0 Å². The molecule has 0 unspecified atom stereocenters. The molecule has 1 aliphatic heterocycles. The predicted octanol–water partition coefficient (Wildman–Crippen LogP) is 2.66. The van der Waals surface area contributed by atoms with Gasteiger partial charge in [-0.1, -0.05) is 18.2 Å². The lowest BCUT2D eigenvalue weighted by molar-refractivity contribution is -0.122. The van der Waals surface area contributed by atoms with Crippen LogP contribution in [0.5, 0.6) is 0 Å². The second kappa shape index (κ2) is 6.91. The summed E-state index contributed by atoms with van der Waals surface area (Å²) in [5.41, 5.74) is 2.99. The smallest absolute Gasteiger partial charge is 0.227 e. The summed E-state index contributed by atoms with van der Waals surface area (Å²) >= 11 is 1.54. The molecule has 0 aliphatic carbocycles. The van der Waals surface area contributed by atoms with Gasteiger partial charge in [-0.3, -0.25) is 9.59 Å². The molecule has 0 radical (unpaired) electrons. The van der Waals surface area contributed by atoms with E-state index in [1.54, 1.807) is 11.3 Å². The molecule has 6 heteroatoms. The average molecular weight is 329 g/mol. The van der Waals surface area contributed by atoms with Gasteiger partial charge in [0.05, 0.1) is 6.54 Å². The molecule has 1 aromatic carbocycles. The van der Waals surface area contributed by atoms with E-state index in [4.69, 9.17) is 0 Å². The van der Waals surface area contributed by atoms with E-state index in [1.807, 2.05) is 36.6 Å². The van der Waals surface area contributed by atoms with Crippen molar-refractivity contribution in [2.75, 3.05) is 5.32 Å². The lowest BCUT2D eigenvalue weighted by Gasteiger charge is -2.24. The molecule has 1 aliphatic rings. The number of carbonyl (C=O) groups excluding carboxylic acids is 2. The highest BCUT2D eigenvalue weighted by Gasteiger charge is 2.26. The minimum atomic E-state index is -0.141. The Kier molecular flexibility index (Phi) is 4.71. The van der Waals surface area contributed by atoms with Crippen molar-refractivity contribution in [1.29, 1.82) is 0 Å². The fraction of sp³-hybridized carbons (Fsp3) is 0.353. The third kappa shape index (κ3) is 3.96. The highest BCUT2D eigenvalue weighted by Crippen LogP contribution is 2.27. The third-order valence-corrected chi connectivity index (χ3v) is 4.90. The standard InChI is InChI=1S/C17H19N3O2S/c1-11-10-23-16(19-11)9-18-15(21)7-6-13-8-12-4-2-3-5-14(12)20-17(13)22/h2-5,10,13H,6-9H2,1H3,(H,18,21)(H,20,22)/t13-/m1/s1. The van der Waals surface area contributed by atoms with Crippen LogP contribution >= 0.6 is 11.3 Å². The molecule has 2 heterocycles. The molecular formula is C17H19N3O2S. The van der Waals surface area contributed by atoms with Gasteiger partial charge in [0.2, 0.25) is 11.8 Å². The quantitative estimate of drug-likeness (QED) is 0.886. The highest BCUT2D eigenvalue weighted by molar-refractivity contribution is 7.09. The number of hydrogen-bond acceptors (Lipinski definition) is 4. The maximum Gasteiger partial charge on any atom is 0.227 e. The molecule has 1 aromatic heterocycles. The Labute approximate surface area is 139 Å². The number of fused-ring (bicyclic) bond motifs is 1. The van der Waals surface area contributed by atoms with Gasteiger partial charge in [0, 0.05) is 29.1 Å². The van der Waals surface area contributed by atoms with E-state index in [2.05, 4.69) is 15.6 Å². The number of amides is 2. The van der Waals surface area contributed by atoms with Gasteiger partial charge in [-0.2, -0.15) is 0 Å². The molecule has 2 amide bonds. The van der Waals surface area contributed by atoms with E-state index in [0.29, 0.717) is 25.8 Å². The van der Waals surface area contributed by atoms with Crippen molar-refractivity contribution in [2.24, 2.45) is 5.92 Å². The average Bonchev–Trinajstić information content (AvgIpc) is 2.96. The van der Waals surface area contributed by atoms with Crippen molar-refractivity contribution in [3.63, 3.8) is 0 Å². The van der Waals surface area contributed by atoms with Crippen molar-refractivity contribution in [2.45, 2.75) is 32.7 Å². The number of carbonyl (C=O) groups is 2. The monoisotopic (exact) mass is 329 g/mol. The van der Waals surface area contributed by atoms with E-state index in [1.165, 1.54) is 0 Å². The molecule has 0 saturated heterocycles. The number of nitrogens with zero attached hydrogens (tertiary/aromatic N) is 1. The van der Waals surface area contributed by atoms with Crippen molar-refractivity contribution >= 4 is 28.8 Å². The van der Waals surface area contributed by atoms with E-state index >= 15 is 0 Å². The molecule has 23 heavy (non-hydrogen) atoms. The number of hydrogen-bond donors (Lipinski definition) is 2. The number of nitrogens with one attached hydrogen (secondary N) is 2. The fourth-order valence-electron chi connectivity index (χ4n) is 2.70. The predicted molar refractivity (Wildman–Crippen MR) is 90.2 cm³/mol. The van der Waals surface area contributed by atoms with Gasteiger partial charge in [-0.15, -0.1) is 11.3 Å². The minimum Gasteiger partial charge on any atom is -0.350 e. The van der Waals surface area contributed by atoms with Gasteiger partial charge in [-0.05, 0) is 31.4 Å². The Morgan fingerprint density at radius 2 is 2.26 bits per heavy atom. The summed E-state index contributed by atoms with van der Waals surface area (Å²) in [4.78, 5) is 28.4. The van der Waals surface area contributed by atoms with Crippen LogP contribution in [0.15, 0.2) is 29.6 Å². The first-order chi connectivity index (χ1) is 11.1.